The molecule has 0 N–H and O–H groups in total. The minimum atomic E-state index is -0.419. The number of hydrogen-bond donors (Lipinski definition) is 0. The first-order valence-electron chi connectivity index (χ1n) is 6.37. The van der Waals surface area contributed by atoms with E-state index in [2.05, 4.69) is 6.92 Å². The molecule has 1 aromatic rings. The number of hydrogen-bond acceptors (Lipinski definition) is 3. The zero-order valence-corrected chi connectivity index (χ0v) is 10.2. The average Bonchev–Trinajstić information content (AvgIpc) is 2.78. The minimum absolute atomic E-state index is 0.0403. The molecule has 0 spiro atoms. The maximum absolute atomic E-state index is 12.1. The van der Waals surface area contributed by atoms with E-state index >= 15 is 0 Å². The van der Waals surface area contributed by atoms with Gasteiger partial charge >= 0.3 is 0 Å². The summed E-state index contributed by atoms with van der Waals surface area (Å²) in [6.07, 6.45) is 6.45. The second-order valence-electron chi connectivity index (χ2n) is 4.64. The molecule has 3 heteroatoms. The Morgan fingerprint density at radius 3 is 3.06 bits per heavy atom. The minimum Gasteiger partial charge on any atom is -0.469 e. The van der Waals surface area contributed by atoms with Gasteiger partial charge in [-0.05, 0) is 18.9 Å². The highest BCUT2D eigenvalue weighted by atomic mass is 16.3. The van der Waals surface area contributed by atoms with Crippen molar-refractivity contribution in [3.8, 4) is 0 Å². The number of Topliss-reactive ketones (excluding diaryl/α,β-unsaturated/α-hetero) is 2. The first-order valence-corrected chi connectivity index (χ1v) is 6.37. The Bertz CT molecular complexity index is 417. The van der Waals surface area contributed by atoms with Crippen LogP contribution in [0.3, 0.4) is 0 Å². The second-order valence-corrected chi connectivity index (χ2v) is 4.64. The van der Waals surface area contributed by atoms with Gasteiger partial charge in [0, 0.05) is 12.8 Å². The maximum Gasteiger partial charge on any atom is 0.176 e. The van der Waals surface area contributed by atoms with Crippen molar-refractivity contribution in [3.05, 3.63) is 23.7 Å². The van der Waals surface area contributed by atoms with Crippen LogP contribution < -0.4 is 0 Å². The second kappa shape index (κ2) is 5.30. The van der Waals surface area contributed by atoms with E-state index in [9.17, 15) is 9.59 Å². The van der Waals surface area contributed by atoms with Crippen LogP contribution in [0.4, 0.5) is 0 Å². The number of carbonyl (C=O) groups excluding carboxylic acids is 2. The molecule has 0 bridgehead atoms. The number of ketones is 2. The van der Waals surface area contributed by atoms with Gasteiger partial charge in [-0.1, -0.05) is 19.8 Å². The summed E-state index contributed by atoms with van der Waals surface area (Å²) >= 11 is 0. The van der Waals surface area contributed by atoms with Crippen molar-refractivity contribution in [3.63, 3.8) is 0 Å². The van der Waals surface area contributed by atoms with Crippen molar-refractivity contribution in [1.29, 1.82) is 0 Å². The monoisotopic (exact) mass is 234 g/mol. The summed E-state index contributed by atoms with van der Waals surface area (Å²) in [7, 11) is 0. The summed E-state index contributed by atoms with van der Waals surface area (Å²) < 4.78 is 5.22. The molecule has 2 rings (SSSR count). The van der Waals surface area contributed by atoms with Gasteiger partial charge in [-0.25, -0.2) is 0 Å². The average molecular weight is 234 g/mol. The van der Waals surface area contributed by atoms with Gasteiger partial charge in [-0.15, -0.1) is 0 Å². The van der Waals surface area contributed by atoms with E-state index in [1.807, 2.05) is 0 Å². The predicted octanol–water partition coefficient (Wildman–Crippen LogP) is 3.17. The Labute approximate surface area is 101 Å². The van der Waals surface area contributed by atoms with Gasteiger partial charge in [-0.3, -0.25) is 9.59 Å². The van der Waals surface area contributed by atoms with E-state index in [-0.39, 0.29) is 11.6 Å². The lowest BCUT2D eigenvalue weighted by molar-refractivity contribution is -0.121. The summed E-state index contributed by atoms with van der Waals surface area (Å²) in [5, 5.41) is 0. The maximum atomic E-state index is 12.1. The molecule has 1 heterocycles. The number of furan rings is 1. The van der Waals surface area contributed by atoms with Crippen LogP contribution in [-0.4, -0.2) is 11.6 Å². The molecule has 1 atom stereocenters. The molecule has 1 aliphatic rings. The van der Waals surface area contributed by atoms with E-state index in [0.717, 1.165) is 25.0 Å². The van der Waals surface area contributed by atoms with E-state index in [1.54, 1.807) is 6.07 Å². The van der Waals surface area contributed by atoms with Crippen LogP contribution in [-0.2, 0) is 11.2 Å². The van der Waals surface area contributed by atoms with Crippen molar-refractivity contribution < 1.29 is 14.0 Å². The summed E-state index contributed by atoms with van der Waals surface area (Å²) in [4.78, 5) is 24.0. The van der Waals surface area contributed by atoms with Crippen molar-refractivity contribution in [2.24, 2.45) is 5.92 Å². The lowest BCUT2D eigenvalue weighted by Gasteiger charge is -2.18. The van der Waals surface area contributed by atoms with Gasteiger partial charge in [0.1, 0.15) is 11.5 Å². The third-order valence-corrected chi connectivity index (χ3v) is 3.40. The summed E-state index contributed by atoms with van der Waals surface area (Å²) in [5.74, 6) is 0.390. The zero-order valence-electron chi connectivity index (χ0n) is 10.2. The molecule has 17 heavy (non-hydrogen) atoms. The molecule has 0 fully saturated rings. The molecule has 3 nitrogen and oxygen atoms in total. The quantitative estimate of drug-likeness (QED) is 0.580. The molecule has 0 amide bonds. The van der Waals surface area contributed by atoms with Crippen LogP contribution in [0, 0.1) is 5.92 Å². The molecule has 1 aromatic heterocycles. The Hall–Kier alpha value is -1.38. The number of rotatable bonds is 5. The SMILES string of the molecule is CCCCCC(=O)C1CCc2occc2C1=O. The van der Waals surface area contributed by atoms with Crippen molar-refractivity contribution in [1.82, 2.24) is 0 Å². The molecule has 0 saturated carbocycles. The number of carbonyl (C=O) groups is 2. The highest BCUT2D eigenvalue weighted by molar-refractivity contribution is 6.11. The summed E-state index contributed by atoms with van der Waals surface area (Å²) in [6.45, 7) is 2.11. The van der Waals surface area contributed by atoms with Crippen LogP contribution >= 0.6 is 0 Å². The lowest BCUT2D eigenvalue weighted by atomic mass is 9.82. The Kier molecular flexibility index (Phi) is 3.77. The fraction of sp³-hybridized carbons (Fsp3) is 0.571. The third-order valence-electron chi connectivity index (χ3n) is 3.40. The normalized spacial score (nSPS) is 19.1. The molecule has 0 radical (unpaired) electrons. The Balaban J connectivity index is 2.00. The van der Waals surface area contributed by atoms with Gasteiger partial charge in [0.25, 0.3) is 0 Å². The van der Waals surface area contributed by atoms with E-state index in [1.165, 1.54) is 6.26 Å². The number of unbranched alkanes of at least 4 members (excludes halogenated alkanes) is 2. The molecule has 0 saturated heterocycles. The van der Waals surface area contributed by atoms with E-state index in [0.29, 0.717) is 24.8 Å². The molecule has 1 unspecified atom stereocenters. The van der Waals surface area contributed by atoms with Crippen molar-refractivity contribution >= 4 is 11.6 Å². The fourth-order valence-electron chi connectivity index (χ4n) is 2.38. The zero-order chi connectivity index (χ0) is 12.3. The predicted molar refractivity (Wildman–Crippen MR) is 64.0 cm³/mol. The molecular weight excluding hydrogens is 216 g/mol. The lowest BCUT2D eigenvalue weighted by Crippen LogP contribution is -2.28. The van der Waals surface area contributed by atoms with Crippen LogP contribution in [0.1, 0.15) is 55.1 Å². The fourth-order valence-corrected chi connectivity index (χ4v) is 2.38. The van der Waals surface area contributed by atoms with Gasteiger partial charge in [-0.2, -0.15) is 0 Å². The molecule has 92 valence electrons. The molecule has 1 aliphatic carbocycles. The Morgan fingerprint density at radius 1 is 1.47 bits per heavy atom. The Morgan fingerprint density at radius 2 is 2.29 bits per heavy atom. The highest BCUT2D eigenvalue weighted by Crippen LogP contribution is 2.28. The number of aryl methyl sites for hydroxylation is 1. The van der Waals surface area contributed by atoms with Crippen LogP contribution in [0.5, 0.6) is 0 Å². The van der Waals surface area contributed by atoms with Crippen LogP contribution in [0.15, 0.2) is 16.7 Å². The topological polar surface area (TPSA) is 47.3 Å². The van der Waals surface area contributed by atoms with Gasteiger partial charge < -0.3 is 4.42 Å². The smallest absolute Gasteiger partial charge is 0.176 e. The first kappa shape index (κ1) is 12.1. The summed E-state index contributed by atoms with van der Waals surface area (Å²) in [6, 6.07) is 1.68. The molecule has 0 aliphatic heterocycles. The first-order chi connectivity index (χ1) is 8.24. The van der Waals surface area contributed by atoms with Gasteiger partial charge in [0.15, 0.2) is 5.78 Å². The standard InChI is InChI=1S/C14H18O3/c1-2-3-4-5-12(15)10-6-7-13-11(14(10)16)8-9-17-13/h8-10H,2-7H2,1H3. The highest BCUT2D eigenvalue weighted by Gasteiger charge is 2.33. The molecule has 0 aromatic carbocycles. The van der Waals surface area contributed by atoms with Gasteiger partial charge in [0.05, 0.1) is 17.7 Å². The van der Waals surface area contributed by atoms with Crippen LogP contribution in [0.2, 0.25) is 0 Å². The third kappa shape index (κ3) is 2.48. The van der Waals surface area contributed by atoms with Crippen molar-refractivity contribution in [2.45, 2.75) is 45.4 Å². The summed E-state index contributed by atoms with van der Waals surface area (Å²) in [5.41, 5.74) is 0.616. The molecular formula is C14H18O3. The van der Waals surface area contributed by atoms with E-state index in [4.69, 9.17) is 4.42 Å². The largest absolute Gasteiger partial charge is 0.469 e. The van der Waals surface area contributed by atoms with Crippen LogP contribution in [0.25, 0.3) is 0 Å². The number of fused-ring (bicyclic) bond motifs is 1. The van der Waals surface area contributed by atoms with Crippen molar-refractivity contribution in [2.75, 3.05) is 0 Å². The van der Waals surface area contributed by atoms with Gasteiger partial charge in [0.2, 0.25) is 0 Å². The van der Waals surface area contributed by atoms with E-state index < -0.39 is 5.92 Å².